The topological polar surface area (TPSA) is 71.8 Å². The van der Waals surface area contributed by atoms with E-state index >= 15 is 0 Å². The highest BCUT2D eigenvalue weighted by Crippen LogP contribution is 2.19. The van der Waals surface area contributed by atoms with Crippen LogP contribution in [0.3, 0.4) is 0 Å². The standard InChI is InChI=1S/C17H19N5OS/c1-12-11-24-16(19-12)13(2)20-17(23)21-15-7-4-3-6-14(15)10-22-9-5-8-18-22/h3-9,11,13H,10H2,1-2H3,(H2,20,21,23)/t13-/m1/s1. The maximum absolute atomic E-state index is 12.3. The van der Waals surface area contributed by atoms with E-state index in [1.807, 2.05) is 60.4 Å². The Morgan fingerprint density at radius 3 is 2.88 bits per heavy atom. The van der Waals surface area contributed by atoms with Crippen molar-refractivity contribution < 1.29 is 4.79 Å². The van der Waals surface area contributed by atoms with Gasteiger partial charge in [0.2, 0.25) is 0 Å². The van der Waals surface area contributed by atoms with Crippen molar-refractivity contribution in [1.82, 2.24) is 20.1 Å². The Morgan fingerprint density at radius 2 is 2.17 bits per heavy atom. The number of carbonyl (C=O) groups is 1. The molecule has 0 saturated heterocycles. The van der Waals surface area contributed by atoms with Crippen molar-refractivity contribution in [3.8, 4) is 0 Å². The van der Waals surface area contributed by atoms with Crippen molar-refractivity contribution in [2.24, 2.45) is 0 Å². The van der Waals surface area contributed by atoms with Crippen LogP contribution in [0.25, 0.3) is 0 Å². The summed E-state index contributed by atoms with van der Waals surface area (Å²) >= 11 is 1.55. The highest BCUT2D eigenvalue weighted by molar-refractivity contribution is 7.09. The summed E-state index contributed by atoms with van der Waals surface area (Å²) in [5.74, 6) is 0. The Morgan fingerprint density at radius 1 is 1.33 bits per heavy atom. The summed E-state index contributed by atoms with van der Waals surface area (Å²) in [6.07, 6.45) is 3.63. The molecule has 0 aliphatic carbocycles. The smallest absolute Gasteiger partial charge is 0.319 e. The molecule has 0 bridgehead atoms. The van der Waals surface area contributed by atoms with Crippen LogP contribution in [0.15, 0.2) is 48.1 Å². The minimum absolute atomic E-state index is 0.137. The first kappa shape index (κ1) is 16.2. The lowest BCUT2D eigenvalue weighted by Gasteiger charge is -2.15. The summed E-state index contributed by atoms with van der Waals surface area (Å²) in [4.78, 5) is 16.7. The van der Waals surface area contributed by atoms with E-state index in [2.05, 4.69) is 20.7 Å². The second-order valence-electron chi connectivity index (χ2n) is 5.51. The zero-order chi connectivity index (χ0) is 16.9. The number of aromatic nitrogens is 3. The number of urea groups is 1. The van der Waals surface area contributed by atoms with Gasteiger partial charge in [-0.1, -0.05) is 18.2 Å². The highest BCUT2D eigenvalue weighted by atomic mass is 32.1. The van der Waals surface area contributed by atoms with Crippen LogP contribution in [0, 0.1) is 6.92 Å². The largest absolute Gasteiger partial charge is 0.329 e. The fraction of sp³-hybridized carbons (Fsp3) is 0.235. The number of benzene rings is 1. The second-order valence-corrected chi connectivity index (χ2v) is 6.40. The van der Waals surface area contributed by atoms with Gasteiger partial charge in [0.15, 0.2) is 0 Å². The van der Waals surface area contributed by atoms with Gasteiger partial charge in [0.05, 0.1) is 12.6 Å². The number of nitrogens with one attached hydrogen (secondary N) is 2. The summed E-state index contributed by atoms with van der Waals surface area (Å²) < 4.78 is 1.82. The van der Waals surface area contributed by atoms with E-state index in [9.17, 15) is 4.79 Å². The van der Waals surface area contributed by atoms with Gasteiger partial charge in [-0.05, 0) is 31.5 Å². The first-order valence-electron chi connectivity index (χ1n) is 7.66. The average molecular weight is 341 g/mol. The Kier molecular flexibility index (Phi) is 4.90. The molecule has 0 spiro atoms. The molecule has 124 valence electrons. The maximum atomic E-state index is 12.3. The van der Waals surface area contributed by atoms with Gasteiger partial charge in [0.25, 0.3) is 0 Å². The molecule has 0 fully saturated rings. The number of para-hydroxylation sites is 1. The third-order valence-electron chi connectivity index (χ3n) is 3.51. The number of hydrogen-bond donors (Lipinski definition) is 2. The molecule has 7 heteroatoms. The Hall–Kier alpha value is -2.67. The molecule has 0 radical (unpaired) electrons. The molecule has 6 nitrogen and oxygen atoms in total. The zero-order valence-corrected chi connectivity index (χ0v) is 14.4. The number of anilines is 1. The Bertz CT molecular complexity index is 812. The van der Waals surface area contributed by atoms with Crippen LogP contribution in [0.2, 0.25) is 0 Å². The van der Waals surface area contributed by atoms with Crippen LogP contribution in [-0.2, 0) is 6.54 Å². The normalized spacial score (nSPS) is 11.9. The lowest BCUT2D eigenvalue weighted by Crippen LogP contribution is -2.31. The fourth-order valence-corrected chi connectivity index (χ4v) is 3.14. The number of aryl methyl sites for hydroxylation is 1. The van der Waals surface area contributed by atoms with E-state index in [0.29, 0.717) is 6.54 Å². The van der Waals surface area contributed by atoms with Crippen molar-refractivity contribution in [3.05, 3.63) is 64.4 Å². The van der Waals surface area contributed by atoms with Gasteiger partial charge in [0.1, 0.15) is 5.01 Å². The molecular weight excluding hydrogens is 322 g/mol. The summed E-state index contributed by atoms with van der Waals surface area (Å²) in [6, 6.07) is 9.20. The SMILES string of the molecule is Cc1csc([C@@H](C)NC(=O)Nc2ccccc2Cn2cccn2)n1. The van der Waals surface area contributed by atoms with Gasteiger partial charge in [-0.3, -0.25) is 4.68 Å². The monoisotopic (exact) mass is 341 g/mol. The molecule has 0 unspecified atom stereocenters. The van der Waals surface area contributed by atoms with Crippen molar-refractivity contribution >= 4 is 23.1 Å². The quantitative estimate of drug-likeness (QED) is 0.745. The predicted molar refractivity (Wildman–Crippen MR) is 95.2 cm³/mol. The summed E-state index contributed by atoms with van der Waals surface area (Å²) in [5.41, 5.74) is 2.73. The Labute approximate surface area is 144 Å². The molecule has 2 heterocycles. The molecule has 2 N–H and O–H groups in total. The van der Waals surface area contributed by atoms with E-state index in [1.165, 1.54) is 0 Å². The molecule has 24 heavy (non-hydrogen) atoms. The molecule has 2 amide bonds. The van der Waals surface area contributed by atoms with Crippen LogP contribution < -0.4 is 10.6 Å². The second kappa shape index (κ2) is 7.27. The van der Waals surface area contributed by atoms with E-state index in [0.717, 1.165) is 22.0 Å². The number of nitrogens with zero attached hydrogens (tertiary/aromatic N) is 3. The molecule has 1 aromatic carbocycles. The van der Waals surface area contributed by atoms with E-state index < -0.39 is 0 Å². The predicted octanol–water partition coefficient (Wildman–Crippen LogP) is 3.58. The van der Waals surface area contributed by atoms with Gasteiger partial charge < -0.3 is 10.6 Å². The Balaban J connectivity index is 1.66. The van der Waals surface area contributed by atoms with Crippen molar-refractivity contribution in [2.75, 3.05) is 5.32 Å². The number of amides is 2. The zero-order valence-electron chi connectivity index (χ0n) is 13.6. The number of carbonyl (C=O) groups excluding carboxylic acids is 1. The van der Waals surface area contributed by atoms with Gasteiger partial charge in [-0.2, -0.15) is 5.10 Å². The van der Waals surface area contributed by atoms with Crippen LogP contribution >= 0.6 is 11.3 Å². The minimum atomic E-state index is -0.247. The number of rotatable bonds is 5. The van der Waals surface area contributed by atoms with Gasteiger partial charge in [-0.15, -0.1) is 11.3 Å². The minimum Gasteiger partial charge on any atom is -0.329 e. The molecule has 3 aromatic rings. The molecule has 1 atom stereocenters. The highest BCUT2D eigenvalue weighted by Gasteiger charge is 2.13. The number of hydrogen-bond acceptors (Lipinski definition) is 4. The van der Waals surface area contributed by atoms with E-state index in [-0.39, 0.29) is 12.1 Å². The summed E-state index contributed by atoms with van der Waals surface area (Å²) in [5, 5.41) is 12.9. The van der Waals surface area contributed by atoms with Crippen LogP contribution in [0.4, 0.5) is 10.5 Å². The third-order valence-corrected chi connectivity index (χ3v) is 4.66. The summed E-state index contributed by atoms with van der Waals surface area (Å²) in [6.45, 7) is 4.47. The molecular formula is C17H19N5OS. The maximum Gasteiger partial charge on any atom is 0.319 e. The van der Waals surface area contributed by atoms with Crippen LogP contribution in [0.1, 0.15) is 29.2 Å². The van der Waals surface area contributed by atoms with E-state index in [1.54, 1.807) is 17.5 Å². The molecule has 2 aromatic heterocycles. The molecule has 0 saturated carbocycles. The van der Waals surface area contributed by atoms with Crippen molar-refractivity contribution in [3.63, 3.8) is 0 Å². The number of thiazole rings is 1. The molecule has 0 aliphatic rings. The first-order chi connectivity index (χ1) is 11.6. The molecule has 0 aliphatic heterocycles. The van der Waals surface area contributed by atoms with Gasteiger partial charge in [-0.25, -0.2) is 9.78 Å². The van der Waals surface area contributed by atoms with Crippen molar-refractivity contribution in [1.29, 1.82) is 0 Å². The fourth-order valence-electron chi connectivity index (χ4n) is 2.34. The van der Waals surface area contributed by atoms with E-state index in [4.69, 9.17) is 0 Å². The average Bonchev–Trinajstić information content (AvgIpc) is 3.21. The lowest BCUT2D eigenvalue weighted by atomic mass is 10.2. The van der Waals surface area contributed by atoms with Crippen LogP contribution in [-0.4, -0.2) is 20.8 Å². The molecule has 3 rings (SSSR count). The van der Waals surface area contributed by atoms with Gasteiger partial charge >= 0.3 is 6.03 Å². The first-order valence-corrected chi connectivity index (χ1v) is 8.54. The van der Waals surface area contributed by atoms with Crippen LogP contribution in [0.5, 0.6) is 0 Å². The lowest BCUT2D eigenvalue weighted by molar-refractivity contribution is 0.249. The van der Waals surface area contributed by atoms with Gasteiger partial charge in [0, 0.05) is 29.2 Å². The third kappa shape index (κ3) is 3.99. The summed E-state index contributed by atoms with van der Waals surface area (Å²) in [7, 11) is 0. The van der Waals surface area contributed by atoms with Crippen molar-refractivity contribution in [2.45, 2.75) is 26.4 Å².